The second-order valence-electron chi connectivity index (χ2n) is 4.35. The van der Waals surface area contributed by atoms with Crippen LogP contribution in [0, 0.1) is 10.1 Å². The maximum Gasteiger partial charge on any atom is 0.293 e. The summed E-state index contributed by atoms with van der Waals surface area (Å²) in [7, 11) is 0. The van der Waals surface area contributed by atoms with Gasteiger partial charge >= 0.3 is 0 Å². The molecule has 0 atom stereocenters. The number of nitro groups is 1. The van der Waals surface area contributed by atoms with Gasteiger partial charge in [-0.1, -0.05) is 36.4 Å². The van der Waals surface area contributed by atoms with E-state index in [0.717, 1.165) is 0 Å². The van der Waals surface area contributed by atoms with Crippen LogP contribution in [-0.4, -0.2) is 17.3 Å². The molecule has 0 aliphatic heterocycles. The predicted molar refractivity (Wildman–Crippen MR) is 81.7 cm³/mol. The second-order valence-corrected chi connectivity index (χ2v) is 4.35. The van der Waals surface area contributed by atoms with E-state index in [2.05, 4.69) is 11.9 Å². The normalized spacial score (nSPS) is 9.90. The third-order valence-electron chi connectivity index (χ3n) is 2.93. The van der Waals surface area contributed by atoms with Crippen molar-refractivity contribution in [1.29, 1.82) is 0 Å². The minimum atomic E-state index is -0.507. The number of benzene rings is 2. The number of anilines is 1. The molecule has 2 aromatic carbocycles. The summed E-state index contributed by atoms with van der Waals surface area (Å²) in [6, 6.07) is 13.1. The Kier molecular flexibility index (Phi) is 4.46. The Hall–Kier alpha value is -2.95. The van der Waals surface area contributed by atoms with Crippen LogP contribution in [0.25, 0.3) is 0 Å². The number of carbonyl (C=O) groups is 1. The number of ketones is 1. The summed E-state index contributed by atoms with van der Waals surface area (Å²) in [4.78, 5) is 22.9. The zero-order valence-electron chi connectivity index (χ0n) is 11.3. The number of nitrogens with one attached hydrogen (secondary N) is 1. The summed E-state index contributed by atoms with van der Waals surface area (Å²) in [6.45, 7) is 3.96. The van der Waals surface area contributed by atoms with Crippen molar-refractivity contribution in [3.63, 3.8) is 0 Å². The van der Waals surface area contributed by atoms with Crippen LogP contribution >= 0.6 is 0 Å². The van der Waals surface area contributed by atoms with Crippen LogP contribution in [0.2, 0.25) is 0 Å². The molecule has 0 bridgehead atoms. The van der Waals surface area contributed by atoms with Gasteiger partial charge in [-0.25, -0.2) is 0 Å². The van der Waals surface area contributed by atoms with Crippen molar-refractivity contribution in [2.75, 3.05) is 11.9 Å². The molecule has 2 aromatic rings. The Labute approximate surface area is 122 Å². The lowest BCUT2D eigenvalue weighted by Gasteiger charge is -2.07. The Morgan fingerprint density at radius 3 is 2.52 bits per heavy atom. The molecule has 0 radical (unpaired) electrons. The number of rotatable bonds is 6. The van der Waals surface area contributed by atoms with Crippen LogP contribution in [0.15, 0.2) is 61.2 Å². The van der Waals surface area contributed by atoms with Crippen LogP contribution in [-0.2, 0) is 0 Å². The van der Waals surface area contributed by atoms with E-state index in [1.54, 1.807) is 36.4 Å². The minimum absolute atomic E-state index is 0.126. The lowest BCUT2D eigenvalue weighted by molar-refractivity contribution is -0.384. The lowest BCUT2D eigenvalue weighted by atomic mass is 10.0. The van der Waals surface area contributed by atoms with Gasteiger partial charge in [-0.3, -0.25) is 14.9 Å². The van der Waals surface area contributed by atoms with Crippen molar-refractivity contribution in [3.05, 3.63) is 82.4 Å². The Morgan fingerprint density at radius 1 is 1.19 bits per heavy atom. The molecule has 0 aromatic heterocycles. The van der Waals surface area contributed by atoms with Crippen LogP contribution in [0.3, 0.4) is 0 Å². The minimum Gasteiger partial charge on any atom is -0.376 e. The predicted octanol–water partition coefficient (Wildman–Crippen LogP) is 3.42. The van der Waals surface area contributed by atoms with Gasteiger partial charge in [0.05, 0.1) is 4.92 Å². The molecule has 0 aliphatic carbocycles. The molecule has 5 heteroatoms. The van der Waals surface area contributed by atoms with Crippen molar-refractivity contribution >= 4 is 17.2 Å². The molecule has 0 unspecified atom stereocenters. The van der Waals surface area contributed by atoms with Crippen molar-refractivity contribution < 1.29 is 9.72 Å². The first-order valence-corrected chi connectivity index (χ1v) is 6.36. The number of hydrogen-bond donors (Lipinski definition) is 1. The van der Waals surface area contributed by atoms with Gasteiger partial charge in [-0.15, -0.1) is 6.58 Å². The standard InChI is InChI=1S/C16H14N2O3/c1-2-10-17-14-9-8-13(11-15(14)18(20)21)16(19)12-6-4-3-5-7-12/h2-9,11,17H,1,10H2. The van der Waals surface area contributed by atoms with Gasteiger partial charge in [-0.05, 0) is 12.1 Å². The number of nitro benzene ring substituents is 1. The molecule has 5 nitrogen and oxygen atoms in total. The summed E-state index contributed by atoms with van der Waals surface area (Å²) in [5.41, 5.74) is 1.03. The molecule has 0 amide bonds. The van der Waals surface area contributed by atoms with Crippen LogP contribution < -0.4 is 5.32 Å². The zero-order valence-corrected chi connectivity index (χ0v) is 11.3. The van der Waals surface area contributed by atoms with Gasteiger partial charge in [0.1, 0.15) is 5.69 Å². The fourth-order valence-electron chi connectivity index (χ4n) is 1.91. The van der Waals surface area contributed by atoms with E-state index in [4.69, 9.17) is 0 Å². The second kappa shape index (κ2) is 6.47. The highest BCUT2D eigenvalue weighted by molar-refractivity contribution is 6.09. The Morgan fingerprint density at radius 2 is 1.90 bits per heavy atom. The average Bonchev–Trinajstić information content (AvgIpc) is 2.52. The number of hydrogen-bond acceptors (Lipinski definition) is 4. The monoisotopic (exact) mass is 282 g/mol. The SMILES string of the molecule is C=CCNc1ccc(C(=O)c2ccccc2)cc1[N+](=O)[O-]. The van der Waals surface area contributed by atoms with Gasteiger partial charge in [0, 0.05) is 23.7 Å². The van der Waals surface area contributed by atoms with Gasteiger partial charge in [0.15, 0.2) is 5.78 Å². The quantitative estimate of drug-likeness (QED) is 0.381. The third-order valence-corrected chi connectivity index (χ3v) is 2.93. The molecular formula is C16H14N2O3. The first-order valence-electron chi connectivity index (χ1n) is 6.36. The topological polar surface area (TPSA) is 72.2 Å². The fourth-order valence-corrected chi connectivity index (χ4v) is 1.91. The molecule has 106 valence electrons. The number of nitrogens with zero attached hydrogens (tertiary/aromatic N) is 1. The van der Waals surface area contributed by atoms with Gasteiger partial charge in [-0.2, -0.15) is 0 Å². The molecule has 21 heavy (non-hydrogen) atoms. The van der Waals surface area contributed by atoms with Crippen LogP contribution in [0.5, 0.6) is 0 Å². The molecule has 0 fully saturated rings. The van der Waals surface area contributed by atoms with Crippen LogP contribution in [0.4, 0.5) is 11.4 Å². The highest BCUT2D eigenvalue weighted by Crippen LogP contribution is 2.26. The van der Waals surface area contributed by atoms with E-state index >= 15 is 0 Å². The molecule has 0 saturated carbocycles. The molecular weight excluding hydrogens is 268 g/mol. The maximum atomic E-state index is 12.3. The first kappa shape index (κ1) is 14.5. The van der Waals surface area contributed by atoms with Crippen molar-refractivity contribution in [2.24, 2.45) is 0 Å². The van der Waals surface area contributed by atoms with E-state index in [1.165, 1.54) is 12.1 Å². The molecule has 0 heterocycles. The van der Waals surface area contributed by atoms with Crippen molar-refractivity contribution in [1.82, 2.24) is 0 Å². The largest absolute Gasteiger partial charge is 0.376 e. The summed E-state index contributed by atoms with van der Waals surface area (Å²) in [5, 5.41) is 14.0. The number of carbonyl (C=O) groups excluding carboxylic acids is 1. The summed E-state index contributed by atoms with van der Waals surface area (Å²) in [5.74, 6) is -0.242. The van der Waals surface area contributed by atoms with E-state index in [0.29, 0.717) is 17.8 Å². The van der Waals surface area contributed by atoms with Crippen LogP contribution in [0.1, 0.15) is 15.9 Å². The molecule has 2 rings (SSSR count). The average molecular weight is 282 g/mol. The molecule has 0 aliphatic rings. The van der Waals surface area contributed by atoms with E-state index < -0.39 is 4.92 Å². The molecule has 1 N–H and O–H groups in total. The van der Waals surface area contributed by atoms with Crippen molar-refractivity contribution in [3.8, 4) is 0 Å². The van der Waals surface area contributed by atoms with Crippen molar-refractivity contribution in [2.45, 2.75) is 0 Å². The molecule has 0 saturated heterocycles. The summed E-state index contributed by atoms with van der Waals surface area (Å²) >= 11 is 0. The fraction of sp³-hybridized carbons (Fsp3) is 0.0625. The highest BCUT2D eigenvalue weighted by atomic mass is 16.6. The van der Waals surface area contributed by atoms with Gasteiger partial charge in [0.25, 0.3) is 5.69 Å². The Balaban J connectivity index is 2.38. The lowest BCUT2D eigenvalue weighted by Crippen LogP contribution is -2.05. The van der Waals surface area contributed by atoms with E-state index in [1.807, 2.05) is 6.07 Å². The molecule has 0 spiro atoms. The van der Waals surface area contributed by atoms with E-state index in [-0.39, 0.29) is 17.0 Å². The Bertz CT molecular complexity index is 681. The maximum absolute atomic E-state index is 12.3. The first-order chi connectivity index (χ1) is 10.1. The third kappa shape index (κ3) is 3.33. The summed E-state index contributed by atoms with van der Waals surface area (Å²) in [6.07, 6.45) is 1.60. The summed E-state index contributed by atoms with van der Waals surface area (Å²) < 4.78 is 0. The van der Waals surface area contributed by atoms with Gasteiger partial charge in [0.2, 0.25) is 0 Å². The highest BCUT2D eigenvalue weighted by Gasteiger charge is 2.17. The van der Waals surface area contributed by atoms with E-state index in [9.17, 15) is 14.9 Å². The zero-order chi connectivity index (χ0) is 15.2. The van der Waals surface area contributed by atoms with Gasteiger partial charge < -0.3 is 5.32 Å². The smallest absolute Gasteiger partial charge is 0.293 e.